The predicted molar refractivity (Wildman–Crippen MR) is 68.5 cm³/mol. The highest BCUT2D eigenvalue weighted by Gasteiger charge is 2.04. The molecule has 0 amide bonds. The minimum atomic E-state index is -0.453. The van der Waals surface area contributed by atoms with Gasteiger partial charge in [-0.25, -0.2) is 0 Å². The lowest BCUT2D eigenvalue weighted by molar-refractivity contribution is -0.384. The quantitative estimate of drug-likeness (QED) is 0.456. The Bertz CT molecular complexity index is 591. The molecule has 0 heterocycles. The zero-order valence-corrected chi connectivity index (χ0v) is 9.78. The van der Waals surface area contributed by atoms with Crippen molar-refractivity contribution in [3.05, 3.63) is 64.2 Å². The highest BCUT2D eigenvalue weighted by atomic mass is 16.6. The lowest BCUT2D eigenvalue weighted by atomic mass is 10.2. The van der Waals surface area contributed by atoms with Gasteiger partial charge < -0.3 is 0 Å². The Morgan fingerprint density at radius 2 is 1.67 bits per heavy atom. The zero-order chi connectivity index (χ0) is 13.0. The van der Waals surface area contributed by atoms with Crippen LogP contribution in [0.1, 0.15) is 5.56 Å². The summed E-state index contributed by atoms with van der Waals surface area (Å²) in [5, 5.41) is 18.6. The molecule has 5 nitrogen and oxygen atoms in total. The molecule has 0 aromatic heterocycles. The van der Waals surface area contributed by atoms with Crippen LogP contribution in [0.3, 0.4) is 0 Å². The molecule has 2 rings (SSSR count). The Morgan fingerprint density at radius 3 is 2.33 bits per heavy atom. The van der Waals surface area contributed by atoms with Crippen molar-refractivity contribution in [2.45, 2.75) is 6.92 Å². The molecule has 90 valence electrons. The van der Waals surface area contributed by atoms with E-state index in [9.17, 15) is 10.1 Å². The van der Waals surface area contributed by atoms with Crippen molar-refractivity contribution in [3.8, 4) is 0 Å². The van der Waals surface area contributed by atoms with E-state index in [1.165, 1.54) is 12.1 Å². The highest BCUT2D eigenvalue weighted by molar-refractivity contribution is 5.47. The van der Waals surface area contributed by atoms with E-state index >= 15 is 0 Å². The van der Waals surface area contributed by atoms with E-state index in [4.69, 9.17) is 0 Å². The molecule has 2 aromatic rings. The van der Waals surface area contributed by atoms with Gasteiger partial charge in [0.2, 0.25) is 0 Å². The van der Waals surface area contributed by atoms with Crippen molar-refractivity contribution in [2.24, 2.45) is 10.2 Å². The number of hydrogen-bond acceptors (Lipinski definition) is 4. The SMILES string of the molecule is Cc1ccc(N=Nc2cccc([N+](=O)[O-])c2)cc1. The first-order valence-corrected chi connectivity index (χ1v) is 5.38. The average Bonchev–Trinajstić information content (AvgIpc) is 2.38. The summed E-state index contributed by atoms with van der Waals surface area (Å²) in [6.07, 6.45) is 0. The Labute approximate surface area is 104 Å². The fraction of sp³-hybridized carbons (Fsp3) is 0.0769. The van der Waals surface area contributed by atoms with Crippen LogP contribution in [0.25, 0.3) is 0 Å². The summed E-state index contributed by atoms with van der Waals surface area (Å²) < 4.78 is 0. The molecule has 0 N–H and O–H groups in total. The molecule has 2 aromatic carbocycles. The maximum absolute atomic E-state index is 10.6. The number of non-ortho nitro benzene ring substituents is 1. The molecule has 0 aliphatic carbocycles. The first kappa shape index (κ1) is 11.9. The standard InChI is InChI=1S/C13H11N3O2/c1-10-5-7-11(8-6-10)14-15-12-3-2-4-13(9-12)16(17)18/h2-9H,1H3. The number of benzene rings is 2. The number of azo groups is 1. The summed E-state index contributed by atoms with van der Waals surface area (Å²) in [6.45, 7) is 1.99. The maximum atomic E-state index is 10.6. The number of rotatable bonds is 3. The first-order chi connectivity index (χ1) is 8.65. The molecule has 0 radical (unpaired) electrons. The molecule has 0 unspecified atom stereocenters. The molecular formula is C13H11N3O2. The third-order valence-electron chi connectivity index (χ3n) is 2.36. The van der Waals surface area contributed by atoms with Gasteiger partial charge in [0, 0.05) is 12.1 Å². The summed E-state index contributed by atoms with van der Waals surface area (Å²) in [7, 11) is 0. The molecule has 0 fully saturated rings. The second-order valence-electron chi connectivity index (χ2n) is 3.81. The molecule has 5 heteroatoms. The third-order valence-corrected chi connectivity index (χ3v) is 2.36. The van der Waals surface area contributed by atoms with Gasteiger partial charge in [0.05, 0.1) is 16.3 Å². The summed E-state index contributed by atoms with van der Waals surface area (Å²) in [5.41, 5.74) is 2.33. The Morgan fingerprint density at radius 1 is 1.00 bits per heavy atom. The van der Waals surface area contributed by atoms with Crippen molar-refractivity contribution in [3.63, 3.8) is 0 Å². The van der Waals surface area contributed by atoms with Crippen molar-refractivity contribution in [1.29, 1.82) is 0 Å². The fourth-order valence-electron chi connectivity index (χ4n) is 1.40. The largest absolute Gasteiger partial charge is 0.271 e. The van der Waals surface area contributed by atoms with E-state index in [1.54, 1.807) is 12.1 Å². The molecular weight excluding hydrogens is 230 g/mol. The van der Waals surface area contributed by atoms with Crippen molar-refractivity contribution in [1.82, 2.24) is 0 Å². The molecule has 0 saturated heterocycles. The van der Waals surface area contributed by atoms with Crippen LogP contribution in [0.2, 0.25) is 0 Å². The lowest BCUT2D eigenvalue weighted by Gasteiger charge is -1.95. The van der Waals surface area contributed by atoms with Crippen LogP contribution in [0.5, 0.6) is 0 Å². The first-order valence-electron chi connectivity index (χ1n) is 5.38. The smallest absolute Gasteiger partial charge is 0.258 e. The van der Waals surface area contributed by atoms with E-state index in [0.29, 0.717) is 11.4 Å². The van der Waals surface area contributed by atoms with Crippen molar-refractivity contribution in [2.75, 3.05) is 0 Å². The van der Waals surface area contributed by atoms with Gasteiger partial charge in [-0.05, 0) is 25.1 Å². The molecule has 0 aliphatic heterocycles. The molecule has 0 saturated carbocycles. The second-order valence-corrected chi connectivity index (χ2v) is 3.81. The van der Waals surface area contributed by atoms with E-state index < -0.39 is 4.92 Å². The predicted octanol–water partition coefficient (Wildman–Crippen LogP) is 4.32. The Balaban J connectivity index is 2.20. The molecule has 0 bridgehead atoms. The number of nitro benzene ring substituents is 1. The zero-order valence-electron chi connectivity index (χ0n) is 9.78. The molecule has 0 aliphatic rings. The number of nitro groups is 1. The lowest BCUT2D eigenvalue weighted by Crippen LogP contribution is -1.85. The summed E-state index contributed by atoms with van der Waals surface area (Å²) in [6, 6.07) is 13.6. The average molecular weight is 241 g/mol. The summed E-state index contributed by atoms with van der Waals surface area (Å²) in [4.78, 5) is 10.1. The van der Waals surface area contributed by atoms with E-state index in [-0.39, 0.29) is 5.69 Å². The van der Waals surface area contributed by atoms with E-state index in [2.05, 4.69) is 10.2 Å². The molecule has 18 heavy (non-hydrogen) atoms. The van der Waals surface area contributed by atoms with Gasteiger partial charge in [-0.1, -0.05) is 23.8 Å². The van der Waals surface area contributed by atoms with Crippen LogP contribution in [0.15, 0.2) is 58.8 Å². The third kappa shape index (κ3) is 2.98. The van der Waals surface area contributed by atoms with Gasteiger partial charge >= 0.3 is 0 Å². The molecule has 0 atom stereocenters. The van der Waals surface area contributed by atoms with Crippen molar-refractivity contribution >= 4 is 17.1 Å². The Hall–Kier alpha value is -2.56. The summed E-state index contributed by atoms with van der Waals surface area (Å²) in [5.74, 6) is 0. The van der Waals surface area contributed by atoms with Gasteiger partial charge in [0.1, 0.15) is 0 Å². The van der Waals surface area contributed by atoms with Gasteiger partial charge in [0.25, 0.3) is 5.69 Å². The topological polar surface area (TPSA) is 67.9 Å². The second kappa shape index (κ2) is 5.18. The fourth-order valence-corrected chi connectivity index (χ4v) is 1.40. The van der Waals surface area contributed by atoms with Crippen LogP contribution >= 0.6 is 0 Å². The minimum Gasteiger partial charge on any atom is -0.258 e. The normalized spacial score (nSPS) is 10.7. The Kier molecular flexibility index (Phi) is 3.43. The van der Waals surface area contributed by atoms with Gasteiger partial charge in [0.15, 0.2) is 0 Å². The van der Waals surface area contributed by atoms with Crippen LogP contribution < -0.4 is 0 Å². The monoisotopic (exact) mass is 241 g/mol. The number of aryl methyl sites for hydroxylation is 1. The van der Waals surface area contributed by atoms with Gasteiger partial charge in [-0.15, -0.1) is 0 Å². The molecule has 0 spiro atoms. The van der Waals surface area contributed by atoms with Crippen LogP contribution in [-0.2, 0) is 0 Å². The summed E-state index contributed by atoms with van der Waals surface area (Å²) >= 11 is 0. The van der Waals surface area contributed by atoms with Crippen LogP contribution in [0, 0.1) is 17.0 Å². The van der Waals surface area contributed by atoms with Crippen molar-refractivity contribution < 1.29 is 4.92 Å². The van der Waals surface area contributed by atoms with E-state index in [1.807, 2.05) is 31.2 Å². The van der Waals surface area contributed by atoms with Crippen LogP contribution in [0.4, 0.5) is 17.1 Å². The number of hydrogen-bond donors (Lipinski definition) is 0. The van der Waals surface area contributed by atoms with Gasteiger partial charge in [-0.3, -0.25) is 10.1 Å². The van der Waals surface area contributed by atoms with Gasteiger partial charge in [-0.2, -0.15) is 10.2 Å². The maximum Gasteiger partial charge on any atom is 0.271 e. The minimum absolute atomic E-state index is 0.00959. The van der Waals surface area contributed by atoms with E-state index in [0.717, 1.165) is 5.56 Å². The highest BCUT2D eigenvalue weighted by Crippen LogP contribution is 2.22. The van der Waals surface area contributed by atoms with Crippen LogP contribution in [-0.4, -0.2) is 4.92 Å². The number of nitrogens with zero attached hydrogens (tertiary/aromatic N) is 3.